The highest BCUT2D eigenvalue weighted by atomic mass is 16.5. The molecule has 0 spiro atoms. The molecule has 3 unspecified atom stereocenters. The standard InChI is InChI=1S/C15H22N2O2/c1-18-12-4-3-5-13(19-2)14(12)15(17-16)11-7-9-6-10(9)8-11/h3-5,9-11,15,17H,6-8,16H2,1-2H3. The van der Waals surface area contributed by atoms with E-state index in [4.69, 9.17) is 15.3 Å². The van der Waals surface area contributed by atoms with Crippen LogP contribution in [0, 0.1) is 17.8 Å². The monoisotopic (exact) mass is 262 g/mol. The van der Waals surface area contributed by atoms with Crippen molar-refractivity contribution in [3.8, 4) is 11.5 Å². The maximum absolute atomic E-state index is 5.83. The summed E-state index contributed by atoms with van der Waals surface area (Å²) in [6.45, 7) is 0. The van der Waals surface area contributed by atoms with Gasteiger partial charge in [-0.15, -0.1) is 0 Å². The van der Waals surface area contributed by atoms with Crippen LogP contribution in [0.4, 0.5) is 0 Å². The fourth-order valence-corrected chi connectivity index (χ4v) is 3.68. The molecule has 0 heterocycles. The summed E-state index contributed by atoms with van der Waals surface area (Å²) in [5.74, 6) is 9.98. The first-order valence-electron chi connectivity index (χ1n) is 6.95. The van der Waals surface area contributed by atoms with E-state index in [1.54, 1.807) is 14.2 Å². The molecule has 19 heavy (non-hydrogen) atoms. The highest BCUT2D eigenvalue weighted by molar-refractivity contribution is 5.47. The van der Waals surface area contributed by atoms with Crippen LogP contribution >= 0.6 is 0 Å². The van der Waals surface area contributed by atoms with Gasteiger partial charge in [0.2, 0.25) is 0 Å². The van der Waals surface area contributed by atoms with E-state index < -0.39 is 0 Å². The normalized spacial score (nSPS) is 29.7. The summed E-state index contributed by atoms with van der Waals surface area (Å²) in [6, 6.07) is 6.00. The van der Waals surface area contributed by atoms with Gasteiger partial charge in [0.25, 0.3) is 0 Å². The molecule has 2 aliphatic carbocycles. The lowest BCUT2D eigenvalue weighted by Gasteiger charge is -2.27. The van der Waals surface area contributed by atoms with Gasteiger partial charge in [0, 0.05) is 0 Å². The van der Waals surface area contributed by atoms with Gasteiger partial charge in [-0.05, 0) is 49.1 Å². The van der Waals surface area contributed by atoms with Crippen molar-refractivity contribution in [1.82, 2.24) is 5.43 Å². The van der Waals surface area contributed by atoms with Crippen LogP contribution in [0.25, 0.3) is 0 Å². The van der Waals surface area contributed by atoms with Crippen LogP contribution in [0.3, 0.4) is 0 Å². The zero-order valence-corrected chi connectivity index (χ0v) is 11.6. The van der Waals surface area contributed by atoms with E-state index in [-0.39, 0.29) is 6.04 Å². The number of methoxy groups -OCH3 is 2. The number of rotatable bonds is 5. The van der Waals surface area contributed by atoms with Gasteiger partial charge in [0.05, 0.1) is 25.8 Å². The van der Waals surface area contributed by atoms with E-state index in [2.05, 4.69) is 5.43 Å². The van der Waals surface area contributed by atoms with Crippen molar-refractivity contribution in [3.05, 3.63) is 23.8 Å². The number of hydrogen-bond donors (Lipinski definition) is 2. The number of benzene rings is 1. The molecule has 3 rings (SSSR count). The largest absolute Gasteiger partial charge is 0.496 e. The smallest absolute Gasteiger partial charge is 0.127 e. The molecule has 4 heteroatoms. The Bertz CT molecular complexity index is 431. The first-order chi connectivity index (χ1) is 9.28. The molecule has 2 fully saturated rings. The Morgan fingerprint density at radius 1 is 1.11 bits per heavy atom. The number of nitrogens with one attached hydrogen (secondary N) is 1. The van der Waals surface area contributed by atoms with Gasteiger partial charge in [0.15, 0.2) is 0 Å². The third kappa shape index (κ3) is 2.19. The van der Waals surface area contributed by atoms with E-state index in [1.165, 1.54) is 19.3 Å². The minimum absolute atomic E-state index is 0.110. The highest BCUT2D eigenvalue weighted by Gasteiger charge is 2.48. The summed E-state index contributed by atoms with van der Waals surface area (Å²) in [4.78, 5) is 0. The molecule has 0 amide bonds. The average Bonchev–Trinajstić information content (AvgIpc) is 3.06. The Morgan fingerprint density at radius 3 is 2.16 bits per heavy atom. The van der Waals surface area contributed by atoms with Crippen molar-refractivity contribution in [2.45, 2.75) is 25.3 Å². The summed E-state index contributed by atoms with van der Waals surface area (Å²) < 4.78 is 11.0. The molecule has 0 aliphatic heterocycles. The molecular formula is C15H22N2O2. The minimum Gasteiger partial charge on any atom is -0.496 e. The molecule has 1 aromatic rings. The average molecular weight is 262 g/mol. The van der Waals surface area contributed by atoms with Crippen LogP contribution in [0.2, 0.25) is 0 Å². The Morgan fingerprint density at radius 2 is 1.68 bits per heavy atom. The molecule has 2 saturated carbocycles. The van der Waals surface area contributed by atoms with Gasteiger partial charge in [-0.25, -0.2) is 0 Å². The summed E-state index contributed by atoms with van der Waals surface area (Å²) in [6.07, 6.45) is 3.94. The van der Waals surface area contributed by atoms with E-state index >= 15 is 0 Å². The molecular weight excluding hydrogens is 240 g/mol. The van der Waals surface area contributed by atoms with Gasteiger partial charge >= 0.3 is 0 Å². The highest BCUT2D eigenvalue weighted by Crippen LogP contribution is 2.58. The molecule has 0 radical (unpaired) electrons. The molecule has 2 aliphatic rings. The lowest BCUT2D eigenvalue weighted by atomic mass is 9.88. The zero-order chi connectivity index (χ0) is 13.4. The fourth-order valence-electron chi connectivity index (χ4n) is 3.68. The van der Waals surface area contributed by atoms with Gasteiger partial charge < -0.3 is 9.47 Å². The molecule has 1 aromatic carbocycles. The van der Waals surface area contributed by atoms with Gasteiger partial charge in [-0.2, -0.15) is 0 Å². The number of hydrazine groups is 1. The second kappa shape index (κ2) is 5.02. The van der Waals surface area contributed by atoms with Crippen LogP contribution < -0.4 is 20.7 Å². The van der Waals surface area contributed by atoms with Crippen molar-refractivity contribution in [1.29, 1.82) is 0 Å². The van der Waals surface area contributed by atoms with Crippen LogP contribution in [0.15, 0.2) is 18.2 Å². The molecule has 3 N–H and O–H groups in total. The topological polar surface area (TPSA) is 56.5 Å². The van der Waals surface area contributed by atoms with Crippen molar-refractivity contribution in [2.75, 3.05) is 14.2 Å². The summed E-state index contributed by atoms with van der Waals surface area (Å²) >= 11 is 0. The third-order valence-electron chi connectivity index (χ3n) is 4.71. The van der Waals surface area contributed by atoms with Crippen LogP contribution in [0.1, 0.15) is 30.9 Å². The van der Waals surface area contributed by atoms with E-state index in [0.29, 0.717) is 5.92 Å². The maximum atomic E-state index is 5.83. The lowest BCUT2D eigenvalue weighted by Crippen LogP contribution is -2.33. The first-order valence-corrected chi connectivity index (χ1v) is 6.95. The van der Waals surface area contributed by atoms with Crippen molar-refractivity contribution < 1.29 is 9.47 Å². The first kappa shape index (κ1) is 12.8. The number of nitrogens with two attached hydrogens (primary N) is 1. The van der Waals surface area contributed by atoms with Crippen molar-refractivity contribution >= 4 is 0 Å². The van der Waals surface area contributed by atoms with E-state index in [9.17, 15) is 0 Å². The lowest BCUT2D eigenvalue weighted by molar-refractivity contribution is 0.313. The molecule has 0 bridgehead atoms. The number of ether oxygens (including phenoxy) is 2. The zero-order valence-electron chi connectivity index (χ0n) is 11.6. The van der Waals surface area contributed by atoms with E-state index in [1.807, 2.05) is 18.2 Å². The maximum Gasteiger partial charge on any atom is 0.127 e. The predicted octanol–water partition coefficient (Wildman–Crippen LogP) is 2.25. The molecule has 0 aromatic heterocycles. The Hall–Kier alpha value is -1.26. The summed E-state index contributed by atoms with van der Waals surface area (Å²) in [7, 11) is 3.38. The summed E-state index contributed by atoms with van der Waals surface area (Å²) in [5, 5.41) is 0. The fraction of sp³-hybridized carbons (Fsp3) is 0.600. The Labute approximate surface area is 114 Å². The van der Waals surface area contributed by atoms with Gasteiger partial charge in [-0.1, -0.05) is 6.07 Å². The molecule has 0 saturated heterocycles. The van der Waals surface area contributed by atoms with Crippen molar-refractivity contribution in [3.63, 3.8) is 0 Å². The van der Waals surface area contributed by atoms with Gasteiger partial charge in [0.1, 0.15) is 11.5 Å². The minimum atomic E-state index is 0.110. The molecule has 104 valence electrons. The quantitative estimate of drug-likeness (QED) is 0.631. The van der Waals surface area contributed by atoms with Crippen LogP contribution in [-0.2, 0) is 0 Å². The second-order valence-corrected chi connectivity index (χ2v) is 5.71. The van der Waals surface area contributed by atoms with Crippen LogP contribution in [0.5, 0.6) is 11.5 Å². The molecule has 3 atom stereocenters. The molecule has 4 nitrogen and oxygen atoms in total. The van der Waals surface area contributed by atoms with Crippen LogP contribution in [-0.4, -0.2) is 14.2 Å². The summed E-state index contributed by atoms with van der Waals surface area (Å²) in [5.41, 5.74) is 4.05. The Balaban J connectivity index is 1.93. The number of hydrogen-bond acceptors (Lipinski definition) is 4. The second-order valence-electron chi connectivity index (χ2n) is 5.71. The predicted molar refractivity (Wildman–Crippen MR) is 73.9 cm³/mol. The Kier molecular flexibility index (Phi) is 3.37. The number of fused-ring (bicyclic) bond motifs is 1. The van der Waals surface area contributed by atoms with Crippen molar-refractivity contribution in [2.24, 2.45) is 23.6 Å². The van der Waals surface area contributed by atoms with Gasteiger partial charge in [-0.3, -0.25) is 11.3 Å². The van der Waals surface area contributed by atoms with E-state index in [0.717, 1.165) is 28.9 Å². The third-order valence-corrected chi connectivity index (χ3v) is 4.71. The SMILES string of the molecule is COc1cccc(OC)c1C(NN)C1CC2CC2C1.